The van der Waals surface area contributed by atoms with E-state index < -0.39 is 6.04 Å². The smallest absolute Gasteiger partial charge is 0.237 e. The van der Waals surface area contributed by atoms with Crippen LogP contribution in [0.3, 0.4) is 0 Å². The van der Waals surface area contributed by atoms with Crippen molar-refractivity contribution in [2.45, 2.75) is 25.9 Å². The van der Waals surface area contributed by atoms with Crippen molar-refractivity contribution >= 4 is 5.91 Å². The van der Waals surface area contributed by atoms with Crippen LogP contribution < -0.4 is 11.1 Å². The molecule has 1 aromatic heterocycles. The molecule has 0 aliphatic carbocycles. The molecule has 0 radical (unpaired) electrons. The molecule has 1 amide bonds. The number of hydrogen-bond donors (Lipinski definition) is 2. The molecule has 0 fully saturated rings. The van der Waals surface area contributed by atoms with Crippen LogP contribution in [-0.4, -0.2) is 16.9 Å². The Labute approximate surface area is 83.5 Å². The fourth-order valence-corrected chi connectivity index (χ4v) is 1.01. The predicted molar refractivity (Wildman–Crippen MR) is 54.4 cm³/mol. The summed E-state index contributed by atoms with van der Waals surface area (Å²) in [6.07, 6.45) is 4.07. The van der Waals surface area contributed by atoms with Gasteiger partial charge >= 0.3 is 0 Å². The highest BCUT2D eigenvalue weighted by Gasteiger charge is 2.09. The fraction of sp³-hybridized carbons (Fsp3) is 0.400. The van der Waals surface area contributed by atoms with Gasteiger partial charge in [0.05, 0.1) is 6.04 Å². The van der Waals surface area contributed by atoms with Crippen molar-refractivity contribution in [3.63, 3.8) is 0 Å². The molecular formula is C10H15N3O. The first kappa shape index (κ1) is 10.7. The number of carbonyl (C=O) groups is 1. The zero-order chi connectivity index (χ0) is 10.4. The minimum absolute atomic E-state index is 0.114. The maximum absolute atomic E-state index is 11.3. The molecule has 14 heavy (non-hydrogen) atoms. The van der Waals surface area contributed by atoms with Gasteiger partial charge in [-0.1, -0.05) is 13.0 Å². The summed E-state index contributed by atoms with van der Waals surface area (Å²) in [5.41, 5.74) is 6.53. The van der Waals surface area contributed by atoms with Gasteiger partial charge in [0.15, 0.2) is 0 Å². The van der Waals surface area contributed by atoms with E-state index in [-0.39, 0.29) is 5.91 Å². The maximum Gasteiger partial charge on any atom is 0.237 e. The Morgan fingerprint density at radius 3 is 3.07 bits per heavy atom. The van der Waals surface area contributed by atoms with E-state index in [1.165, 1.54) is 0 Å². The molecule has 1 rings (SSSR count). The summed E-state index contributed by atoms with van der Waals surface area (Å²) < 4.78 is 0. The summed E-state index contributed by atoms with van der Waals surface area (Å²) in [6.45, 7) is 2.37. The second kappa shape index (κ2) is 5.34. The molecule has 4 heteroatoms. The Bertz CT molecular complexity index is 287. The van der Waals surface area contributed by atoms with E-state index in [2.05, 4.69) is 10.3 Å². The quantitative estimate of drug-likeness (QED) is 0.729. The van der Waals surface area contributed by atoms with Crippen LogP contribution >= 0.6 is 0 Å². The van der Waals surface area contributed by atoms with Crippen LogP contribution in [0.2, 0.25) is 0 Å². The van der Waals surface area contributed by atoms with Gasteiger partial charge < -0.3 is 11.1 Å². The highest BCUT2D eigenvalue weighted by molar-refractivity contribution is 5.81. The first-order chi connectivity index (χ1) is 6.74. The summed E-state index contributed by atoms with van der Waals surface area (Å²) in [4.78, 5) is 15.2. The van der Waals surface area contributed by atoms with Crippen LogP contribution in [0.15, 0.2) is 24.5 Å². The van der Waals surface area contributed by atoms with Crippen LogP contribution in [0.5, 0.6) is 0 Å². The number of amides is 1. The van der Waals surface area contributed by atoms with E-state index in [4.69, 9.17) is 5.73 Å². The van der Waals surface area contributed by atoms with Crippen LogP contribution in [0, 0.1) is 0 Å². The Balaban J connectivity index is 2.38. The van der Waals surface area contributed by atoms with Crippen LogP contribution in [0.25, 0.3) is 0 Å². The molecule has 3 N–H and O–H groups in total. The van der Waals surface area contributed by atoms with Crippen molar-refractivity contribution in [2.75, 3.05) is 0 Å². The molecule has 1 unspecified atom stereocenters. The van der Waals surface area contributed by atoms with Crippen LogP contribution in [0.1, 0.15) is 18.9 Å². The summed E-state index contributed by atoms with van der Waals surface area (Å²) in [5.74, 6) is -0.114. The highest BCUT2D eigenvalue weighted by atomic mass is 16.2. The zero-order valence-electron chi connectivity index (χ0n) is 8.23. The third-order valence-electron chi connectivity index (χ3n) is 1.97. The second-order valence-corrected chi connectivity index (χ2v) is 3.09. The molecule has 76 valence electrons. The van der Waals surface area contributed by atoms with Crippen LogP contribution in [-0.2, 0) is 11.3 Å². The van der Waals surface area contributed by atoms with E-state index in [1.807, 2.05) is 19.1 Å². The van der Waals surface area contributed by atoms with Crippen molar-refractivity contribution in [3.05, 3.63) is 30.1 Å². The summed E-state index contributed by atoms with van der Waals surface area (Å²) >= 11 is 0. The standard InChI is InChI=1S/C10H15N3O/c1-2-9(11)10(14)13-7-8-4-3-5-12-6-8/h3-6,9H,2,7,11H2,1H3,(H,13,14). The van der Waals surface area contributed by atoms with Crippen molar-refractivity contribution < 1.29 is 4.79 Å². The maximum atomic E-state index is 11.3. The van der Waals surface area contributed by atoms with E-state index in [0.717, 1.165) is 5.56 Å². The van der Waals surface area contributed by atoms with Gasteiger partial charge in [0.1, 0.15) is 0 Å². The minimum atomic E-state index is -0.410. The number of nitrogens with two attached hydrogens (primary N) is 1. The van der Waals surface area contributed by atoms with E-state index in [0.29, 0.717) is 13.0 Å². The van der Waals surface area contributed by atoms with Crippen LogP contribution in [0.4, 0.5) is 0 Å². The van der Waals surface area contributed by atoms with Crippen molar-refractivity contribution in [1.82, 2.24) is 10.3 Å². The average molecular weight is 193 g/mol. The third kappa shape index (κ3) is 3.14. The molecule has 1 atom stereocenters. The normalized spacial score (nSPS) is 12.1. The van der Waals surface area contributed by atoms with E-state index in [9.17, 15) is 4.79 Å². The Morgan fingerprint density at radius 2 is 2.50 bits per heavy atom. The Kier molecular flexibility index (Phi) is 4.07. The van der Waals surface area contributed by atoms with E-state index >= 15 is 0 Å². The number of nitrogens with zero attached hydrogens (tertiary/aromatic N) is 1. The lowest BCUT2D eigenvalue weighted by Crippen LogP contribution is -2.39. The molecule has 0 aromatic carbocycles. The molecule has 4 nitrogen and oxygen atoms in total. The predicted octanol–water partition coefficient (Wildman–Crippen LogP) is 0.435. The Morgan fingerprint density at radius 1 is 1.71 bits per heavy atom. The first-order valence-corrected chi connectivity index (χ1v) is 4.66. The number of hydrogen-bond acceptors (Lipinski definition) is 3. The summed E-state index contributed by atoms with van der Waals surface area (Å²) in [5, 5.41) is 2.75. The lowest BCUT2D eigenvalue weighted by molar-refractivity contribution is -0.122. The van der Waals surface area contributed by atoms with Crippen molar-refractivity contribution in [2.24, 2.45) is 5.73 Å². The van der Waals surface area contributed by atoms with Crippen molar-refractivity contribution in [3.8, 4) is 0 Å². The van der Waals surface area contributed by atoms with Gasteiger partial charge in [-0.05, 0) is 18.1 Å². The van der Waals surface area contributed by atoms with Gasteiger partial charge in [-0.2, -0.15) is 0 Å². The van der Waals surface area contributed by atoms with Gasteiger partial charge in [0.2, 0.25) is 5.91 Å². The van der Waals surface area contributed by atoms with Gasteiger partial charge in [-0.15, -0.1) is 0 Å². The third-order valence-corrected chi connectivity index (χ3v) is 1.97. The SMILES string of the molecule is CCC(N)C(=O)NCc1cccnc1. The number of nitrogens with one attached hydrogen (secondary N) is 1. The molecule has 0 bridgehead atoms. The molecule has 0 saturated carbocycles. The molecule has 1 aromatic rings. The van der Waals surface area contributed by atoms with Crippen molar-refractivity contribution in [1.29, 1.82) is 0 Å². The lowest BCUT2D eigenvalue weighted by atomic mass is 10.2. The molecule has 0 spiro atoms. The molecular weight excluding hydrogens is 178 g/mol. The monoisotopic (exact) mass is 193 g/mol. The lowest BCUT2D eigenvalue weighted by Gasteiger charge is -2.09. The topological polar surface area (TPSA) is 68.0 Å². The number of aromatic nitrogens is 1. The number of pyridine rings is 1. The zero-order valence-corrected chi connectivity index (χ0v) is 8.23. The number of rotatable bonds is 4. The largest absolute Gasteiger partial charge is 0.351 e. The minimum Gasteiger partial charge on any atom is -0.351 e. The van der Waals surface area contributed by atoms with Gasteiger partial charge in [-0.25, -0.2) is 0 Å². The summed E-state index contributed by atoms with van der Waals surface area (Å²) in [7, 11) is 0. The summed E-state index contributed by atoms with van der Waals surface area (Å²) in [6, 6.07) is 3.33. The van der Waals surface area contributed by atoms with Gasteiger partial charge in [-0.3, -0.25) is 9.78 Å². The molecule has 0 aliphatic heterocycles. The first-order valence-electron chi connectivity index (χ1n) is 4.66. The van der Waals surface area contributed by atoms with E-state index in [1.54, 1.807) is 12.4 Å². The molecule has 0 aliphatic rings. The van der Waals surface area contributed by atoms with Gasteiger partial charge in [0, 0.05) is 18.9 Å². The Hall–Kier alpha value is -1.42. The molecule has 0 saturated heterocycles. The highest BCUT2D eigenvalue weighted by Crippen LogP contribution is 1.95. The molecule has 1 heterocycles. The van der Waals surface area contributed by atoms with Gasteiger partial charge in [0.25, 0.3) is 0 Å². The second-order valence-electron chi connectivity index (χ2n) is 3.09. The average Bonchev–Trinajstić information content (AvgIpc) is 2.26. The number of carbonyl (C=O) groups excluding carboxylic acids is 1. The fourth-order valence-electron chi connectivity index (χ4n) is 1.01.